The van der Waals surface area contributed by atoms with Crippen LogP contribution >= 0.6 is 0 Å². The first-order chi connectivity index (χ1) is 14.0. The summed E-state index contributed by atoms with van der Waals surface area (Å²) in [7, 11) is 3.94. The zero-order chi connectivity index (χ0) is 20.4. The first-order valence-corrected chi connectivity index (χ1v) is 10.4. The smallest absolute Gasteiger partial charge is 0.227 e. The number of hydrogen-bond acceptors (Lipinski definition) is 6. The largest absolute Gasteiger partial charge is 0.369 e. The van der Waals surface area contributed by atoms with Crippen LogP contribution in [0.15, 0.2) is 30.3 Å². The fourth-order valence-electron chi connectivity index (χ4n) is 4.28. The van der Waals surface area contributed by atoms with Gasteiger partial charge in [-0.3, -0.25) is 9.69 Å². The van der Waals surface area contributed by atoms with Gasteiger partial charge < -0.3 is 15.5 Å². The molecule has 0 aliphatic carbocycles. The first-order valence-electron chi connectivity index (χ1n) is 10.4. The van der Waals surface area contributed by atoms with Gasteiger partial charge in [-0.05, 0) is 18.4 Å². The van der Waals surface area contributed by atoms with E-state index in [0.29, 0.717) is 6.54 Å². The third-order valence-electron chi connectivity index (χ3n) is 5.88. The van der Waals surface area contributed by atoms with Crippen LogP contribution in [-0.4, -0.2) is 54.5 Å². The zero-order valence-corrected chi connectivity index (χ0v) is 17.3. The van der Waals surface area contributed by atoms with Crippen molar-refractivity contribution >= 4 is 17.7 Å². The van der Waals surface area contributed by atoms with Crippen LogP contribution in [0.1, 0.15) is 29.7 Å². The predicted octanol–water partition coefficient (Wildman–Crippen LogP) is 1.80. The standard InChI is InChI=1S/C22H30N6O/c1-26(2)22-24-19-10-12-27(13-16-7-4-3-5-8-16)15-18(19)21(25-22)28-11-6-9-17(14-28)20(23)29/h3-5,7-8,17H,6,9-15H2,1-2H3,(H2,23,29)/t17-/m1/s1. The minimum absolute atomic E-state index is 0.110. The molecule has 29 heavy (non-hydrogen) atoms. The Morgan fingerprint density at radius 1 is 1.21 bits per heavy atom. The second kappa shape index (κ2) is 8.37. The molecule has 1 aromatic heterocycles. The molecular weight excluding hydrogens is 364 g/mol. The normalized spacial score (nSPS) is 19.7. The number of carbonyl (C=O) groups excluding carboxylic acids is 1. The molecule has 2 aliphatic rings. The number of nitrogens with zero attached hydrogens (tertiary/aromatic N) is 5. The number of primary amides is 1. The number of anilines is 2. The van der Waals surface area contributed by atoms with Crippen LogP contribution in [0.4, 0.5) is 11.8 Å². The van der Waals surface area contributed by atoms with E-state index in [0.717, 1.165) is 62.9 Å². The van der Waals surface area contributed by atoms with Crippen molar-refractivity contribution in [3.05, 3.63) is 47.2 Å². The number of amides is 1. The monoisotopic (exact) mass is 394 g/mol. The maximum atomic E-state index is 11.8. The highest BCUT2D eigenvalue weighted by molar-refractivity contribution is 5.77. The van der Waals surface area contributed by atoms with Crippen LogP contribution < -0.4 is 15.5 Å². The highest BCUT2D eigenvalue weighted by Gasteiger charge is 2.30. The van der Waals surface area contributed by atoms with Gasteiger partial charge in [-0.15, -0.1) is 0 Å². The summed E-state index contributed by atoms with van der Waals surface area (Å²) in [6.07, 6.45) is 2.73. The van der Waals surface area contributed by atoms with E-state index in [2.05, 4.69) is 40.1 Å². The van der Waals surface area contributed by atoms with Crippen molar-refractivity contribution in [1.29, 1.82) is 0 Å². The molecule has 7 heteroatoms. The van der Waals surface area contributed by atoms with Crippen molar-refractivity contribution in [3.63, 3.8) is 0 Å². The molecule has 1 aromatic carbocycles. The lowest BCUT2D eigenvalue weighted by atomic mass is 9.96. The second-order valence-electron chi connectivity index (χ2n) is 8.30. The Labute approximate surface area is 172 Å². The maximum absolute atomic E-state index is 11.8. The number of benzene rings is 1. The van der Waals surface area contributed by atoms with E-state index in [4.69, 9.17) is 15.7 Å². The van der Waals surface area contributed by atoms with Crippen molar-refractivity contribution < 1.29 is 4.79 Å². The van der Waals surface area contributed by atoms with Crippen molar-refractivity contribution in [3.8, 4) is 0 Å². The van der Waals surface area contributed by atoms with Crippen molar-refractivity contribution in [2.45, 2.75) is 32.4 Å². The molecule has 0 unspecified atom stereocenters. The number of fused-ring (bicyclic) bond motifs is 1. The lowest BCUT2D eigenvalue weighted by molar-refractivity contribution is -0.122. The van der Waals surface area contributed by atoms with Gasteiger partial charge in [0, 0.05) is 58.8 Å². The van der Waals surface area contributed by atoms with Crippen molar-refractivity contribution in [2.75, 3.05) is 43.5 Å². The third kappa shape index (κ3) is 4.34. The molecule has 0 bridgehead atoms. The number of carbonyl (C=O) groups is 1. The number of aromatic nitrogens is 2. The van der Waals surface area contributed by atoms with E-state index in [1.54, 1.807) is 0 Å². The molecule has 1 fully saturated rings. The first kappa shape index (κ1) is 19.6. The molecule has 2 N–H and O–H groups in total. The molecule has 3 heterocycles. The van der Waals surface area contributed by atoms with Gasteiger partial charge in [0.15, 0.2) is 0 Å². The molecule has 0 spiro atoms. The van der Waals surface area contributed by atoms with Crippen LogP contribution in [0.25, 0.3) is 0 Å². The average molecular weight is 395 g/mol. The van der Waals surface area contributed by atoms with E-state index < -0.39 is 0 Å². The molecule has 7 nitrogen and oxygen atoms in total. The number of hydrogen-bond donors (Lipinski definition) is 1. The summed E-state index contributed by atoms with van der Waals surface area (Å²) in [4.78, 5) is 28.2. The van der Waals surface area contributed by atoms with E-state index in [1.807, 2.05) is 19.0 Å². The topological polar surface area (TPSA) is 78.6 Å². The summed E-state index contributed by atoms with van der Waals surface area (Å²) in [5.74, 6) is 1.39. The molecule has 1 atom stereocenters. The average Bonchev–Trinajstić information content (AvgIpc) is 2.73. The lowest BCUT2D eigenvalue weighted by Gasteiger charge is -2.36. The van der Waals surface area contributed by atoms with Gasteiger partial charge in [-0.1, -0.05) is 30.3 Å². The van der Waals surface area contributed by atoms with Gasteiger partial charge in [0.1, 0.15) is 5.82 Å². The summed E-state index contributed by atoms with van der Waals surface area (Å²) in [6, 6.07) is 10.6. The second-order valence-corrected chi connectivity index (χ2v) is 8.30. The highest BCUT2D eigenvalue weighted by atomic mass is 16.1. The van der Waals surface area contributed by atoms with E-state index in [-0.39, 0.29) is 11.8 Å². The van der Waals surface area contributed by atoms with Gasteiger partial charge in [-0.2, -0.15) is 4.98 Å². The fourth-order valence-corrected chi connectivity index (χ4v) is 4.28. The van der Waals surface area contributed by atoms with Gasteiger partial charge in [0.2, 0.25) is 11.9 Å². The molecule has 4 rings (SSSR count). The van der Waals surface area contributed by atoms with Crippen LogP contribution in [0.5, 0.6) is 0 Å². The molecular formula is C22H30N6O. The molecule has 2 aromatic rings. The highest BCUT2D eigenvalue weighted by Crippen LogP contribution is 2.31. The molecule has 1 saturated heterocycles. The van der Waals surface area contributed by atoms with Gasteiger partial charge in [0.25, 0.3) is 0 Å². The molecule has 1 amide bonds. The summed E-state index contributed by atoms with van der Waals surface area (Å²) in [6.45, 7) is 4.27. The summed E-state index contributed by atoms with van der Waals surface area (Å²) in [5, 5.41) is 0. The Balaban J connectivity index is 1.64. The van der Waals surface area contributed by atoms with Crippen LogP contribution in [0.3, 0.4) is 0 Å². The third-order valence-corrected chi connectivity index (χ3v) is 5.88. The number of piperidine rings is 1. The minimum Gasteiger partial charge on any atom is -0.369 e. The van der Waals surface area contributed by atoms with Crippen LogP contribution in [0, 0.1) is 5.92 Å². The number of nitrogens with two attached hydrogens (primary N) is 1. The van der Waals surface area contributed by atoms with E-state index >= 15 is 0 Å². The van der Waals surface area contributed by atoms with Gasteiger partial charge >= 0.3 is 0 Å². The Morgan fingerprint density at radius 2 is 2.00 bits per heavy atom. The molecule has 0 saturated carbocycles. The summed E-state index contributed by atoms with van der Waals surface area (Å²) in [5.41, 5.74) is 9.26. The summed E-state index contributed by atoms with van der Waals surface area (Å²) < 4.78 is 0. The molecule has 2 aliphatic heterocycles. The van der Waals surface area contributed by atoms with E-state index in [9.17, 15) is 4.79 Å². The lowest BCUT2D eigenvalue weighted by Crippen LogP contribution is -2.43. The Kier molecular flexibility index (Phi) is 5.67. The summed E-state index contributed by atoms with van der Waals surface area (Å²) >= 11 is 0. The Morgan fingerprint density at radius 3 is 2.72 bits per heavy atom. The molecule has 154 valence electrons. The van der Waals surface area contributed by atoms with Crippen LogP contribution in [-0.2, 0) is 24.3 Å². The van der Waals surface area contributed by atoms with Gasteiger partial charge in [0.05, 0.1) is 11.6 Å². The van der Waals surface area contributed by atoms with Crippen molar-refractivity contribution in [1.82, 2.24) is 14.9 Å². The number of rotatable bonds is 5. The minimum atomic E-state index is -0.212. The molecule has 0 radical (unpaired) electrons. The van der Waals surface area contributed by atoms with Crippen LogP contribution in [0.2, 0.25) is 0 Å². The van der Waals surface area contributed by atoms with E-state index in [1.165, 1.54) is 11.1 Å². The quantitative estimate of drug-likeness (QED) is 0.833. The fraction of sp³-hybridized carbons (Fsp3) is 0.500. The zero-order valence-electron chi connectivity index (χ0n) is 17.3. The Bertz CT molecular complexity index is 869. The predicted molar refractivity (Wildman–Crippen MR) is 115 cm³/mol. The maximum Gasteiger partial charge on any atom is 0.227 e. The van der Waals surface area contributed by atoms with Gasteiger partial charge in [-0.25, -0.2) is 4.98 Å². The van der Waals surface area contributed by atoms with Crippen molar-refractivity contribution in [2.24, 2.45) is 11.7 Å². The Hall–Kier alpha value is -2.67. The SMILES string of the molecule is CN(C)c1nc2c(c(N3CCC[C@@H](C(N)=O)C3)n1)CN(Cc1ccccc1)CC2.